The summed E-state index contributed by atoms with van der Waals surface area (Å²) in [6, 6.07) is 16.4. The molecular weight excluding hydrogens is 254 g/mol. The minimum Gasteiger partial charge on any atom is -0.356 e. The number of fused-ring (bicyclic) bond motifs is 1. The van der Waals surface area contributed by atoms with Crippen LogP contribution in [0.5, 0.6) is 0 Å². The van der Waals surface area contributed by atoms with Gasteiger partial charge in [-0.1, -0.05) is 42.5 Å². The van der Waals surface area contributed by atoms with Gasteiger partial charge in [0.05, 0.1) is 17.7 Å². The summed E-state index contributed by atoms with van der Waals surface area (Å²) in [6.07, 6.45) is 0. The maximum absolute atomic E-state index is 12.1. The number of amides is 2. The number of nitrogens with zero attached hydrogens (tertiary/aromatic N) is 1. The lowest BCUT2D eigenvalue weighted by Gasteiger charge is -2.13. The Morgan fingerprint density at radius 2 is 1.35 bits per heavy atom. The molecule has 1 aliphatic heterocycles. The number of benzene rings is 2. The van der Waals surface area contributed by atoms with Crippen LogP contribution in [0.4, 0.5) is 0 Å². The molecule has 1 heterocycles. The quantitative estimate of drug-likeness (QED) is 0.799. The molecule has 0 N–H and O–H groups in total. The Morgan fingerprint density at radius 1 is 0.800 bits per heavy atom. The van der Waals surface area contributed by atoms with Gasteiger partial charge in [0.25, 0.3) is 11.8 Å². The fourth-order valence-electron chi connectivity index (χ4n) is 2.19. The summed E-state index contributed by atoms with van der Waals surface area (Å²) in [4.78, 5) is 25.3. The zero-order valence-electron chi connectivity index (χ0n) is 10.8. The third-order valence-electron chi connectivity index (χ3n) is 3.21. The Bertz CT molecular complexity index is 617. The molecule has 2 aromatic carbocycles. The molecule has 4 heteroatoms. The van der Waals surface area contributed by atoms with E-state index in [4.69, 9.17) is 4.74 Å². The molecule has 20 heavy (non-hydrogen) atoms. The second kappa shape index (κ2) is 5.27. The van der Waals surface area contributed by atoms with Gasteiger partial charge >= 0.3 is 0 Å². The molecule has 100 valence electrons. The molecule has 0 fully saturated rings. The van der Waals surface area contributed by atoms with Crippen LogP contribution in [0, 0.1) is 0 Å². The number of hydrogen-bond donors (Lipinski definition) is 0. The lowest BCUT2D eigenvalue weighted by molar-refractivity contribution is 0.0205. The van der Waals surface area contributed by atoms with E-state index in [0.29, 0.717) is 17.7 Å². The number of ether oxygens (including phenoxy) is 1. The molecule has 3 rings (SSSR count). The second-order valence-electron chi connectivity index (χ2n) is 4.55. The van der Waals surface area contributed by atoms with Crippen molar-refractivity contribution in [3.05, 3.63) is 71.3 Å². The molecule has 0 aromatic heterocycles. The Hall–Kier alpha value is -2.46. The van der Waals surface area contributed by atoms with Gasteiger partial charge < -0.3 is 4.74 Å². The number of carbonyl (C=O) groups excluding carboxylic acids is 2. The summed E-state index contributed by atoms with van der Waals surface area (Å²) in [7, 11) is 0. The van der Waals surface area contributed by atoms with E-state index < -0.39 is 0 Å². The molecule has 1 aliphatic rings. The Kier molecular flexibility index (Phi) is 3.31. The van der Waals surface area contributed by atoms with Crippen LogP contribution in [-0.2, 0) is 11.3 Å². The number of carbonyl (C=O) groups is 2. The van der Waals surface area contributed by atoms with E-state index in [0.717, 1.165) is 10.5 Å². The van der Waals surface area contributed by atoms with Gasteiger partial charge in [-0.2, -0.15) is 0 Å². The topological polar surface area (TPSA) is 46.6 Å². The van der Waals surface area contributed by atoms with E-state index in [1.165, 1.54) is 0 Å². The van der Waals surface area contributed by atoms with Gasteiger partial charge in [-0.3, -0.25) is 9.59 Å². The Labute approximate surface area is 116 Å². The van der Waals surface area contributed by atoms with E-state index in [2.05, 4.69) is 0 Å². The third-order valence-corrected chi connectivity index (χ3v) is 3.21. The summed E-state index contributed by atoms with van der Waals surface area (Å²) in [6.45, 7) is 0.343. The van der Waals surface area contributed by atoms with Crippen LogP contribution in [0.2, 0.25) is 0 Å². The van der Waals surface area contributed by atoms with Crippen LogP contribution in [0.15, 0.2) is 54.6 Å². The Morgan fingerprint density at radius 3 is 1.95 bits per heavy atom. The van der Waals surface area contributed by atoms with Gasteiger partial charge in [-0.05, 0) is 17.7 Å². The van der Waals surface area contributed by atoms with Crippen LogP contribution >= 0.6 is 0 Å². The van der Waals surface area contributed by atoms with Gasteiger partial charge in [0.2, 0.25) is 0 Å². The van der Waals surface area contributed by atoms with E-state index in [1.807, 2.05) is 30.3 Å². The smallest absolute Gasteiger partial charge is 0.263 e. The highest BCUT2D eigenvalue weighted by Crippen LogP contribution is 2.22. The summed E-state index contributed by atoms with van der Waals surface area (Å²) in [5.74, 6) is -0.586. The minimum atomic E-state index is -0.293. The highest BCUT2D eigenvalue weighted by Gasteiger charge is 2.34. The van der Waals surface area contributed by atoms with E-state index in [1.54, 1.807) is 24.3 Å². The first-order valence-electron chi connectivity index (χ1n) is 6.34. The van der Waals surface area contributed by atoms with Crippen molar-refractivity contribution in [1.29, 1.82) is 0 Å². The van der Waals surface area contributed by atoms with Crippen molar-refractivity contribution in [3.63, 3.8) is 0 Å². The number of rotatable bonds is 4. The van der Waals surface area contributed by atoms with Gasteiger partial charge in [0, 0.05) is 0 Å². The maximum Gasteiger partial charge on any atom is 0.263 e. The molecule has 2 amide bonds. The van der Waals surface area contributed by atoms with E-state index in [9.17, 15) is 9.59 Å². The fraction of sp³-hybridized carbons (Fsp3) is 0.125. The third kappa shape index (κ3) is 2.21. The monoisotopic (exact) mass is 267 g/mol. The Balaban J connectivity index is 1.65. The second-order valence-corrected chi connectivity index (χ2v) is 4.55. The van der Waals surface area contributed by atoms with E-state index >= 15 is 0 Å². The predicted molar refractivity (Wildman–Crippen MR) is 73.0 cm³/mol. The van der Waals surface area contributed by atoms with Gasteiger partial charge in [0.1, 0.15) is 6.73 Å². The first kappa shape index (κ1) is 12.6. The van der Waals surface area contributed by atoms with Crippen molar-refractivity contribution in [2.75, 3.05) is 6.73 Å². The van der Waals surface area contributed by atoms with Crippen molar-refractivity contribution >= 4 is 11.8 Å². The molecule has 0 unspecified atom stereocenters. The maximum atomic E-state index is 12.1. The average molecular weight is 267 g/mol. The van der Waals surface area contributed by atoms with Gasteiger partial charge in [-0.25, -0.2) is 4.90 Å². The molecule has 0 bridgehead atoms. The molecule has 0 saturated carbocycles. The van der Waals surface area contributed by atoms with Crippen LogP contribution < -0.4 is 0 Å². The summed E-state index contributed by atoms with van der Waals surface area (Å²) in [5, 5.41) is 0. The van der Waals surface area contributed by atoms with Crippen molar-refractivity contribution in [2.45, 2.75) is 6.61 Å². The van der Waals surface area contributed by atoms with Crippen LogP contribution in [0.1, 0.15) is 26.3 Å². The molecule has 0 aliphatic carbocycles. The average Bonchev–Trinajstić information content (AvgIpc) is 2.74. The van der Waals surface area contributed by atoms with Crippen LogP contribution in [0.25, 0.3) is 0 Å². The van der Waals surface area contributed by atoms with Gasteiger partial charge in [-0.15, -0.1) is 0 Å². The van der Waals surface area contributed by atoms with Crippen molar-refractivity contribution in [1.82, 2.24) is 4.90 Å². The molecular formula is C16H13NO3. The van der Waals surface area contributed by atoms with Crippen molar-refractivity contribution in [3.8, 4) is 0 Å². The van der Waals surface area contributed by atoms with Crippen molar-refractivity contribution < 1.29 is 14.3 Å². The molecule has 0 saturated heterocycles. The fourth-order valence-corrected chi connectivity index (χ4v) is 2.19. The lowest BCUT2D eigenvalue weighted by atomic mass is 10.1. The minimum absolute atomic E-state index is 0.0265. The van der Waals surface area contributed by atoms with Crippen molar-refractivity contribution in [2.24, 2.45) is 0 Å². The molecule has 0 radical (unpaired) electrons. The largest absolute Gasteiger partial charge is 0.356 e. The zero-order chi connectivity index (χ0) is 13.9. The predicted octanol–water partition coefficient (Wildman–Crippen LogP) is 2.46. The number of imide groups is 1. The summed E-state index contributed by atoms with van der Waals surface area (Å²) < 4.78 is 5.46. The zero-order valence-corrected chi connectivity index (χ0v) is 10.8. The highest BCUT2D eigenvalue weighted by atomic mass is 16.5. The first-order valence-corrected chi connectivity index (χ1v) is 6.34. The lowest BCUT2D eigenvalue weighted by Crippen LogP contribution is -2.32. The van der Waals surface area contributed by atoms with E-state index in [-0.39, 0.29) is 18.5 Å². The van der Waals surface area contributed by atoms with Crippen LogP contribution in [-0.4, -0.2) is 23.4 Å². The standard InChI is InChI=1S/C16H13NO3/c18-15-13-8-4-5-9-14(13)16(19)17(15)11-20-10-12-6-2-1-3-7-12/h1-9H,10-11H2. The molecule has 0 spiro atoms. The highest BCUT2D eigenvalue weighted by molar-refractivity contribution is 6.21. The normalized spacial score (nSPS) is 13.7. The van der Waals surface area contributed by atoms with Crippen LogP contribution in [0.3, 0.4) is 0 Å². The SMILES string of the molecule is O=C1c2ccccc2C(=O)N1COCc1ccccc1. The summed E-state index contributed by atoms with van der Waals surface area (Å²) in [5.41, 5.74) is 1.89. The molecule has 4 nitrogen and oxygen atoms in total. The first-order chi connectivity index (χ1) is 9.77. The summed E-state index contributed by atoms with van der Waals surface area (Å²) >= 11 is 0. The number of hydrogen-bond acceptors (Lipinski definition) is 3. The van der Waals surface area contributed by atoms with Gasteiger partial charge in [0.15, 0.2) is 0 Å². The molecule has 0 atom stereocenters. The molecule has 2 aromatic rings.